The summed E-state index contributed by atoms with van der Waals surface area (Å²) in [5.41, 5.74) is 0.225. The predicted octanol–water partition coefficient (Wildman–Crippen LogP) is 1.13. The van der Waals surface area contributed by atoms with Crippen molar-refractivity contribution in [2.75, 3.05) is 38.0 Å². The van der Waals surface area contributed by atoms with Crippen LogP contribution >= 0.6 is 11.6 Å². The van der Waals surface area contributed by atoms with E-state index < -0.39 is 16.1 Å². The fourth-order valence-corrected chi connectivity index (χ4v) is 4.51. The molecular formula is C17H25ClN4O4S. The van der Waals surface area contributed by atoms with Crippen LogP contribution in [0.2, 0.25) is 5.02 Å². The molecule has 1 saturated heterocycles. The molecule has 0 spiro atoms. The number of nitrogens with zero attached hydrogens (tertiary/aromatic N) is 2. The van der Waals surface area contributed by atoms with E-state index in [0.717, 1.165) is 0 Å². The average molecular weight is 417 g/mol. The van der Waals surface area contributed by atoms with E-state index in [1.54, 1.807) is 25.7 Å². The number of amides is 2. The van der Waals surface area contributed by atoms with Gasteiger partial charge in [-0.3, -0.25) is 14.5 Å². The first kappa shape index (κ1) is 21.6. The predicted molar refractivity (Wildman–Crippen MR) is 104 cm³/mol. The lowest BCUT2D eigenvalue weighted by Crippen LogP contribution is -2.53. The van der Waals surface area contributed by atoms with Gasteiger partial charge >= 0.3 is 0 Å². The zero-order valence-corrected chi connectivity index (χ0v) is 17.2. The van der Waals surface area contributed by atoms with E-state index in [0.29, 0.717) is 26.2 Å². The fraction of sp³-hybridized carbons (Fsp3) is 0.529. The van der Waals surface area contributed by atoms with Gasteiger partial charge in [-0.25, -0.2) is 8.42 Å². The number of rotatable bonds is 7. The lowest BCUT2D eigenvalue weighted by atomic mass is 10.2. The molecule has 2 amide bonds. The van der Waals surface area contributed by atoms with Crippen molar-refractivity contribution in [1.82, 2.24) is 14.5 Å². The zero-order valence-electron chi connectivity index (χ0n) is 15.7. The molecule has 1 aromatic rings. The van der Waals surface area contributed by atoms with Crippen molar-refractivity contribution in [1.29, 1.82) is 0 Å². The van der Waals surface area contributed by atoms with Crippen molar-refractivity contribution in [2.45, 2.75) is 31.7 Å². The molecule has 2 rings (SSSR count). The molecule has 0 aromatic heterocycles. The maximum absolute atomic E-state index is 12.7. The van der Waals surface area contributed by atoms with Crippen LogP contribution in [0.3, 0.4) is 0 Å². The number of halogens is 1. The van der Waals surface area contributed by atoms with Gasteiger partial charge in [-0.05, 0) is 25.1 Å². The van der Waals surface area contributed by atoms with Crippen LogP contribution in [0.25, 0.3) is 0 Å². The Morgan fingerprint density at radius 1 is 1.37 bits per heavy atom. The molecule has 1 atom stereocenters. The number of benzene rings is 1. The van der Waals surface area contributed by atoms with E-state index in [2.05, 4.69) is 10.6 Å². The lowest BCUT2D eigenvalue weighted by Gasteiger charge is -2.31. The van der Waals surface area contributed by atoms with Crippen LogP contribution in [-0.2, 0) is 19.6 Å². The van der Waals surface area contributed by atoms with Crippen molar-refractivity contribution >= 4 is 39.1 Å². The minimum absolute atomic E-state index is 0.0657. The highest BCUT2D eigenvalue weighted by Crippen LogP contribution is 2.27. The smallest absolute Gasteiger partial charge is 0.243 e. The number of hydrogen-bond acceptors (Lipinski definition) is 5. The summed E-state index contributed by atoms with van der Waals surface area (Å²) in [6.07, 6.45) is 0. The van der Waals surface area contributed by atoms with E-state index in [-0.39, 0.29) is 34.0 Å². The van der Waals surface area contributed by atoms with Gasteiger partial charge in [0.25, 0.3) is 0 Å². The highest BCUT2D eigenvalue weighted by molar-refractivity contribution is 7.89. The summed E-state index contributed by atoms with van der Waals surface area (Å²) in [6, 6.07) is 3.68. The molecule has 27 heavy (non-hydrogen) atoms. The number of nitrogens with one attached hydrogen (secondary N) is 2. The second-order valence-electron chi connectivity index (χ2n) is 6.22. The zero-order chi connectivity index (χ0) is 20.2. The van der Waals surface area contributed by atoms with Crippen LogP contribution < -0.4 is 10.6 Å². The Hall–Kier alpha value is -1.68. The van der Waals surface area contributed by atoms with E-state index >= 15 is 0 Å². The number of hydrogen-bond donors (Lipinski definition) is 2. The molecule has 10 heteroatoms. The number of piperazine rings is 1. The van der Waals surface area contributed by atoms with Crippen molar-refractivity contribution in [3.63, 3.8) is 0 Å². The van der Waals surface area contributed by atoms with Crippen LogP contribution in [0.1, 0.15) is 20.8 Å². The number of anilines is 1. The van der Waals surface area contributed by atoms with Gasteiger partial charge in [0.05, 0.1) is 28.2 Å². The van der Waals surface area contributed by atoms with Gasteiger partial charge in [0.15, 0.2) is 0 Å². The van der Waals surface area contributed by atoms with Crippen LogP contribution in [0, 0.1) is 0 Å². The Bertz CT molecular complexity index is 811. The Morgan fingerprint density at radius 2 is 2.04 bits per heavy atom. The summed E-state index contributed by atoms with van der Waals surface area (Å²) in [5.74, 6) is -0.491. The quantitative estimate of drug-likeness (QED) is 0.694. The van der Waals surface area contributed by atoms with Crippen LogP contribution in [0.15, 0.2) is 23.1 Å². The second-order valence-corrected chi connectivity index (χ2v) is 8.56. The summed E-state index contributed by atoms with van der Waals surface area (Å²) >= 11 is 6.15. The van der Waals surface area contributed by atoms with E-state index in [1.165, 1.54) is 22.5 Å². The molecule has 1 fully saturated rings. The van der Waals surface area contributed by atoms with Gasteiger partial charge in [-0.2, -0.15) is 4.31 Å². The number of carbonyl (C=O) groups excluding carboxylic acids is 2. The van der Waals surface area contributed by atoms with Gasteiger partial charge in [0, 0.05) is 26.2 Å². The van der Waals surface area contributed by atoms with Crippen molar-refractivity contribution in [2.24, 2.45) is 0 Å². The summed E-state index contributed by atoms with van der Waals surface area (Å²) in [5, 5.41) is 5.63. The van der Waals surface area contributed by atoms with Crippen LogP contribution in [0.5, 0.6) is 0 Å². The third-order valence-electron chi connectivity index (χ3n) is 4.53. The Morgan fingerprint density at radius 3 is 2.63 bits per heavy atom. The molecular weight excluding hydrogens is 392 g/mol. The van der Waals surface area contributed by atoms with Crippen molar-refractivity contribution in [3.05, 3.63) is 23.2 Å². The minimum Gasteiger partial charge on any atom is -0.354 e. The summed E-state index contributed by atoms with van der Waals surface area (Å²) in [7, 11) is -3.66. The molecule has 0 unspecified atom stereocenters. The molecule has 8 nitrogen and oxygen atoms in total. The molecule has 1 aliphatic heterocycles. The third-order valence-corrected chi connectivity index (χ3v) is 6.91. The van der Waals surface area contributed by atoms with Gasteiger partial charge in [0.1, 0.15) is 0 Å². The second kappa shape index (κ2) is 9.01. The molecule has 1 aliphatic rings. The van der Waals surface area contributed by atoms with Crippen molar-refractivity contribution in [3.8, 4) is 0 Å². The normalized spacial score (nSPS) is 16.9. The molecule has 1 aromatic carbocycles. The van der Waals surface area contributed by atoms with E-state index in [9.17, 15) is 18.0 Å². The Balaban J connectivity index is 2.21. The van der Waals surface area contributed by atoms with Gasteiger partial charge in [-0.1, -0.05) is 25.4 Å². The van der Waals surface area contributed by atoms with E-state index in [4.69, 9.17) is 11.6 Å². The number of sulfonamides is 1. The monoisotopic (exact) mass is 416 g/mol. The Labute approximate surface area is 164 Å². The van der Waals surface area contributed by atoms with Crippen molar-refractivity contribution < 1.29 is 18.0 Å². The highest BCUT2D eigenvalue weighted by atomic mass is 35.5. The maximum atomic E-state index is 12.7. The van der Waals surface area contributed by atoms with Gasteiger partial charge in [-0.15, -0.1) is 0 Å². The molecule has 2 N–H and O–H groups in total. The molecule has 1 heterocycles. The van der Waals surface area contributed by atoms with Crippen LogP contribution in [-0.4, -0.2) is 68.2 Å². The minimum atomic E-state index is -3.66. The molecule has 0 bridgehead atoms. The molecule has 0 radical (unpaired) electrons. The largest absolute Gasteiger partial charge is 0.354 e. The summed E-state index contributed by atoms with van der Waals surface area (Å²) < 4.78 is 26.7. The summed E-state index contributed by atoms with van der Waals surface area (Å²) in [6.45, 7) is 7.08. The standard InChI is InChI=1S/C17H25ClN4O4S/c1-4-22(5-2)27(25,26)13-6-7-14(18)15(10-13)20-17(24)12(3)21-9-8-19-16(23)11-21/h6-7,10,12H,4-5,8-9,11H2,1-3H3,(H,19,23)(H,20,24)/t12-/m1/s1. The molecule has 0 saturated carbocycles. The van der Waals surface area contributed by atoms with Crippen LogP contribution in [0.4, 0.5) is 5.69 Å². The van der Waals surface area contributed by atoms with E-state index in [1.807, 2.05) is 0 Å². The van der Waals surface area contributed by atoms with Gasteiger partial charge < -0.3 is 10.6 Å². The maximum Gasteiger partial charge on any atom is 0.243 e. The Kier molecular flexibility index (Phi) is 7.21. The lowest BCUT2D eigenvalue weighted by molar-refractivity contribution is -0.127. The number of carbonyl (C=O) groups is 2. The highest BCUT2D eigenvalue weighted by Gasteiger charge is 2.27. The fourth-order valence-electron chi connectivity index (χ4n) is 2.87. The van der Waals surface area contributed by atoms with Gasteiger partial charge in [0.2, 0.25) is 21.8 Å². The molecule has 150 valence electrons. The molecule has 0 aliphatic carbocycles. The first-order valence-corrected chi connectivity index (χ1v) is 10.6. The topological polar surface area (TPSA) is 98.8 Å². The SMILES string of the molecule is CCN(CC)S(=O)(=O)c1ccc(Cl)c(NC(=O)[C@@H](C)N2CCNC(=O)C2)c1. The first-order chi connectivity index (χ1) is 12.7. The average Bonchev–Trinajstić information content (AvgIpc) is 2.63. The summed E-state index contributed by atoms with van der Waals surface area (Å²) in [4.78, 5) is 25.9. The first-order valence-electron chi connectivity index (χ1n) is 8.82. The third kappa shape index (κ3) is 4.98.